The van der Waals surface area contributed by atoms with E-state index in [9.17, 15) is 13.2 Å². The van der Waals surface area contributed by atoms with Crippen LogP contribution in [0.3, 0.4) is 0 Å². The van der Waals surface area contributed by atoms with Gasteiger partial charge in [-0.15, -0.1) is 0 Å². The van der Waals surface area contributed by atoms with Crippen molar-refractivity contribution in [3.05, 3.63) is 17.1 Å². The summed E-state index contributed by atoms with van der Waals surface area (Å²) in [6.45, 7) is 0. The number of aldehydes is 1. The standard InChI is InChI=1S/C4H3NOS.H3NO4S/c6-3-4-1-2-5-7-4;1-5-6(2,3)4/h1-3H;1H2,(H,2,3,4). The lowest BCUT2D eigenvalue weighted by Gasteiger charge is -1.81. The number of nitrogens with zero attached hydrogens (tertiary/aromatic N) is 1. The van der Waals surface area contributed by atoms with Crippen LogP contribution in [-0.4, -0.2) is 23.6 Å². The molecule has 0 fully saturated rings. The number of aromatic nitrogens is 1. The van der Waals surface area contributed by atoms with Crippen LogP contribution in [0.4, 0.5) is 0 Å². The molecule has 0 unspecified atom stereocenters. The molecule has 0 aromatic carbocycles. The van der Waals surface area contributed by atoms with Crippen molar-refractivity contribution in [2.75, 3.05) is 0 Å². The van der Waals surface area contributed by atoms with Gasteiger partial charge in [0.1, 0.15) is 0 Å². The number of hydrogen-bond donors (Lipinski definition) is 2. The highest BCUT2D eigenvalue weighted by molar-refractivity contribution is 7.80. The van der Waals surface area contributed by atoms with Crippen molar-refractivity contribution in [3.8, 4) is 0 Å². The molecule has 1 aromatic heterocycles. The lowest BCUT2D eigenvalue weighted by atomic mass is 10.5. The molecule has 1 rings (SSSR count). The number of hydrogen-bond acceptors (Lipinski definition) is 7. The predicted octanol–water partition coefficient (Wildman–Crippen LogP) is -0.365. The van der Waals surface area contributed by atoms with Gasteiger partial charge in [-0.25, -0.2) is 4.37 Å². The Morgan fingerprint density at radius 2 is 2.23 bits per heavy atom. The van der Waals surface area contributed by atoms with Crippen LogP contribution in [0.5, 0.6) is 0 Å². The van der Waals surface area contributed by atoms with E-state index in [1.165, 1.54) is 11.5 Å². The summed E-state index contributed by atoms with van der Waals surface area (Å²) in [6.07, 6.45) is 2.39. The number of carbonyl (C=O) groups excluding carboxylic acids is 1. The van der Waals surface area contributed by atoms with Crippen molar-refractivity contribution in [1.82, 2.24) is 4.37 Å². The average molecular weight is 226 g/mol. The van der Waals surface area contributed by atoms with Crippen LogP contribution in [0.1, 0.15) is 9.67 Å². The van der Waals surface area contributed by atoms with Crippen molar-refractivity contribution >= 4 is 28.2 Å². The molecule has 1 aromatic rings. The summed E-state index contributed by atoms with van der Waals surface area (Å²) in [7, 11) is -4.38. The molecule has 0 atom stereocenters. The molecule has 7 nitrogen and oxygen atoms in total. The summed E-state index contributed by atoms with van der Waals surface area (Å²) in [4.78, 5) is 10.5. The molecule has 0 saturated carbocycles. The number of carbonyl (C=O) groups is 1. The molecule has 13 heavy (non-hydrogen) atoms. The lowest BCUT2D eigenvalue weighted by molar-refractivity contribution is 0.112. The molecular formula is C4H6N2O5S2. The summed E-state index contributed by atoms with van der Waals surface area (Å²) >= 11 is 1.20. The van der Waals surface area contributed by atoms with Gasteiger partial charge in [0, 0.05) is 6.20 Å². The van der Waals surface area contributed by atoms with E-state index in [0.717, 1.165) is 6.29 Å². The van der Waals surface area contributed by atoms with Gasteiger partial charge in [0.15, 0.2) is 6.29 Å². The largest absolute Gasteiger partial charge is 0.413 e. The van der Waals surface area contributed by atoms with Crippen LogP contribution in [-0.2, 0) is 14.7 Å². The van der Waals surface area contributed by atoms with Crippen LogP contribution < -0.4 is 5.90 Å². The van der Waals surface area contributed by atoms with E-state index in [-0.39, 0.29) is 0 Å². The molecule has 74 valence electrons. The molecule has 0 aliphatic heterocycles. The minimum Gasteiger partial charge on any atom is -0.297 e. The first-order chi connectivity index (χ1) is 5.99. The van der Waals surface area contributed by atoms with Gasteiger partial charge in [0.05, 0.1) is 4.88 Å². The van der Waals surface area contributed by atoms with Gasteiger partial charge in [0.2, 0.25) is 0 Å². The smallest absolute Gasteiger partial charge is 0.297 e. The predicted molar refractivity (Wildman–Crippen MR) is 44.3 cm³/mol. The highest BCUT2D eigenvalue weighted by Gasteiger charge is 1.95. The zero-order valence-electron chi connectivity index (χ0n) is 6.15. The minimum atomic E-state index is -4.38. The first kappa shape index (κ1) is 12.1. The van der Waals surface area contributed by atoms with Crippen molar-refractivity contribution < 1.29 is 22.0 Å². The maximum absolute atomic E-state index is 9.84. The number of rotatable bonds is 2. The Balaban J connectivity index is 0.000000226. The Bertz CT molecular complexity index is 331. The average Bonchev–Trinajstić information content (AvgIpc) is 2.56. The second-order valence-electron chi connectivity index (χ2n) is 1.56. The van der Waals surface area contributed by atoms with Crippen LogP contribution in [0.15, 0.2) is 12.3 Å². The van der Waals surface area contributed by atoms with E-state index < -0.39 is 10.4 Å². The highest BCUT2D eigenvalue weighted by Crippen LogP contribution is 1.97. The molecule has 0 amide bonds. The van der Waals surface area contributed by atoms with Crippen molar-refractivity contribution in [1.29, 1.82) is 0 Å². The Morgan fingerprint density at radius 3 is 2.38 bits per heavy atom. The third kappa shape index (κ3) is 7.49. The van der Waals surface area contributed by atoms with Gasteiger partial charge in [-0.1, -0.05) is 0 Å². The quantitative estimate of drug-likeness (QED) is 0.401. The number of nitrogens with two attached hydrogens (primary N) is 1. The molecule has 0 aliphatic carbocycles. The van der Waals surface area contributed by atoms with Crippen LogP contribution >= 0.6 is 11.5 Å². The van der Waals surface area contributed by atoms with E-state index >= 15 is 0 Å². The first-order valence-electron chi connectivity index (χ1n) is 2.71. The fourth-order valence-corrected chi connectivity index (χ4v) is 0.695. The van der Waals surface area contributed by atoms with Gasteiger partial charge < -0.3 is 0 Å². The zero-order chi connectivity index (χ0) is 10.3. The summed E-state index contributed by atoms with van der Waals surface area (Å²) in [5, 5.41) is 0. The fourth-order valence-electron chi connectivity index (χ4n) is 0.286. The van der Waals surface area contributed by atoms with E-state index in [2.05, 4.69) is 14.6 Å². The molecule has 0 spiro atoms. The molecule has 3 N–H and O–H groups in total. The SMILES string of the molecule is NOS(=O)(=O)O.O=Cc1ccns1. The van der Waals surface area contributed by atoms with Crippen LogP contribution in [0.25, 0.3) is 0 Å². The molecule has 0 aliphatic rings. The van der Waals surface area contributed by atoms with Gasteiger partial charge in [-0.05, 0) is 17.6 Å². The lowest BCUT2D eigenvalue weighted by Crippen LogP contribution is -2.08. The van der Waals surface area contributed by atoms with Gasteiger partial charge >= 0.3 is 10.4 Å². The van der Waals surface area contributed by atoms with Crippen LogP contribution in [0.2, 0.25) is 0 Å². The Labute approximate surface area is 78.2 Å². The molecule has 1 heterocycles. The summed E-state index contributed by atoms with van der Waals surface area (Å²) in [6, 6.07) is 1.68. The monoisotopic (exact) mass is 226 g/mol. The Kier molecular flexibility index (Phi) is 5.34. The third-order valence-electron chi connectivity index (χ3n) is 0.696. The van der Waals surface area contributed by atoms with Crippen molar-refractivity contribution in [2.24, 2.45) is 5.90 Å². The topological polar surface area (TPSA) is 120 Å². The fraction of sp³-hybridized carbons (Fsp3) is 0. The third-order valence-corrected chi connectivity index (χ3v) is 1.61. The molecular weight excluding hydrogens is 220 g/mol. The van der Waals surface area contributed by atoms with Gasteiger partial charge in [-0.3, -0.25) is 9.35 Å². The summed E-state index contributed by atoms with van der Waals surface area (Å²) < 4.78 is 32.5. The molecule has 0 radical (unpaired) electrons. The first-order valence-corrected chi connectivity index (χ1v) is 4.85. The summed E-state index contributed by atoms with van der Waals surface area (Å²) in [5.41, 5.74) is 0. The Morgan fingerprint density at radius 1 is 1.69 bits per heavy atom. The van der Waals surface area contributed by atoms with E-state index in [4.69, 9.17) is 4.55 Å². The maximum Gasteiger partial charge on any atom is 0.413 e. The molecule has 0 bridgehead atoms. The van der Waals surface area contributed by atoms with E-state index in [1.54, 1.807) is 12.3 Å². The van der Waals surface area contributed by atoms with Gasteiger partial charge in [-0.2, -0.15) is 18.6 Å². The highest BCUT2D eigenvalue weighted by atomic mass is 32.3. The normalized spacial score (nSPS) is 10.0. The maximum atomic E-state index is 9.84. The van der Waals surface area contributed by atoms with Crippen molar-refractivity contribution in [3.63, 3.8) is 0 Å². The zero-order valence-corrected chi connectivity index (χ0v) is 7.79. The van der Waals surface area contributed by atoms with E-state index in [0.29, 0.717) is 4.88 Å². The minimum absolute atomic E-state index is 0.681. The second-order valence-corrected chi connectivity index (χ2v) is 3.47. The van der Waals surface area contributed by atoms with Gasteiger partial charge in [0.25, 0.3) is 0 Å². The molecule has 0 saturated heterocycles. The second kappa shape index (κ2) is 5.72. The molecule has 9 heteroatoms. The van der Waals surface area contributed by atoms with Crippen LogP contribution in [0, 0.1) is 0 Å². The summed E-state index contributed by atoms with van der Waals surface area (Å²) in [5.74, 6) is 3.97. The van der Waals surface area contributed by atoms with E-state index in [1.807, 2.05) is 0 Å². The Hall–Kier alpha value is -0.870. The van der Waals surface area contributed by atoms with Crippen molar-refractivity contribution in [2.45, 2.75) is 0 Å².